The molecule has 116 valence electrons. The number of halogens is 4. The van der Waals surface area contributed by atoms with E-state index in [2.05, 4.69) is 37.2 Å². The number of nitrogens with one attached hydrogen (secondary N) is 1. The van der Waals surface area contributed by atoms with Crippen molar-refractivity contribution in [3.8, 4) is 0 Å². The van der Waals surface area contributed by atoms with Crippen LogP contribution in [0.1, 0.15) is 10.4 Å². The van der Waals surface area contributed by atoms with E-state index < -0.39 is 0 Å². The number of hydrogen-bond donors (Lipinski definition) is 1. The Morgan fingerprint density at radius 2 is 1.74 bits per heavy atom. The Labute approximate surface area is 160 Å². The van der Waals surface area contributed by atoms with E-state index in [0.29, 0.717) is 21.3 Å². The Balaban J connectivity index is 1.96. The highest BCUT2D eigenvalue weighted by Gasteiger charge is 2.13. The maximum atomic E-state index is 12.4. The number of anilines is 1. The van der Waals surface area contributed by atoms with Gasteiger partial charge in [0.15, 0.2) is 0 Å². The fourth-order valence-electron chi connectivity index (χ4n) is 2.22. The summed E-state index contributed by atoms with van der Waals surface area (Å²) in [6.07, 6.45) is 0. The first-order valence-corrected chi connectivity index (χ1v) is 8.94. The lowest BCUT2D eigenvalue weighted by atomic mass is 10.1. The molecule has 23 heavy (non-hydrogen) atoms. The van der Waals surface area contributed by atoms with E-state index in [1.807, 2.05) is 30.3 Å². The van der Waals surface area contributed by atoms with Gasteiger partial charge in [-0.1, -0.05) is 51.3 Å². The summed E-state index contributed by atoms with van der Waals surface area (Å²) in [5, 5.41) is 5.75. The molecule has 3 aromatic carbocycles. The second kappa shape index (κ2) is 6.81. The molecule has 0 bridgehead atoms. The molecule has 1 amide bonds. The van der Waals surface area contributed by atoms with Crippen molar-refractivity contribution in [3.05, 3.63) is 73.1 Å². The van der Waals surface area contributed by atoms with Crippen molar-refractivity contribution < 1.29 is 4.79 Å². The van der Waals surface area contributed by atoms with Crippen molar-refractivity contribution in [2.45, 2.75) is 0 Å². The average molecular weight is 474 g/mol. The summed E-state index contributed by atoms with van der Waals surface area (Å²) < 4.78 is 1.82. The Hall–Kier alpha value is -1.07. The third-order valence-corrected chi connectivity index (χ3v) is 5.24. The van der Waals surface area contributed by atoms with Crippen LogP contribution >= 0.6 is 55.1 Å². The van der Waals surface area contributed by atoms with Crippen LogP contribution in [-0.2, 0) is 0 Å². The van der Waals surface area contributed by atoms with Crippen LogP contribution in [0.15, 0.2) is 57.5 Å². The minimum Gasteiger partial charge on any atom is -0.321 e. The quantitative estimate of drug-likeness (QED) is 0.430. The molecule has 0 saturated carbocycles. The maximum Gasteiger partial charge on any atom is 0.257 e. The molecular weight excluding hydrogens is 465 g/mol. The van der Waals surface area contributed by atoms with Crippen LogP contribution in [0, 0.1) is 0 Å². The smallest absolute Gasteiger partial charge is 0.257 e. The van der Waals surface area contributed by atoms with Crippen LogP contribution in [0.3, 0.4) is 0 Å². The second-order valence-corrected chi connectivity index (χ2v) is 7.42. The fourth-order valence-corrected chi connectivity index (χ4v) is 3.69. The van der Waals surface area contributed by atoms with E-state index >= 15 is 0 Å². The first-order valence-electron chi connectivity index (χ1n) is 6.60. The van der Waals surface area contributed by atoms with E-state index in [1.54, 1.807) is 18.2 Å². The molecule has 0 spiro atoms. The van der Waals surface area contributed by atoms with Crippen molar-refractivity contribution in [2.24, 2.45) is 0 Å². The molecule has 3 aromatic rings. The number of rotatable bonds is 2. The minimum atomic E-state index is -0.288. The largest absolute Gasteiger partial charge is 0.321 e. The predicted molar refractivity (Wildman–Crippen MR) is 104 cm³/mol. The highest BCUT2D eigenvalue weighted by atomic mass is 79.9. The van der Waals surface area contributed by atoms with Gasteiger partial charge in [-0.15, -0.1) is 0 Å². The molecule has 0 aliphatic heterocycles. The summed E-state index contributed by atoms with van der Waals surface area (Å²) in [6, 6.07) is 14.5. The molecule has 0 unspecified atom stereocenters. The molecule has 0 heterocycles. The van der Waals surface area contributed by atoms with Crippen LogP contribution in [0.25, 0.3) is 10.8 Å². The second-order valence-electron chi connectivity index (χ2n) is 4.87. The maximum absolute atomic E-state index is 12.4. The van der Waals surface area contributed by atoms with Gasteiger partial charge in [-0.25, -0.2) is 0 Å². The molecular formula is C17H9Br2Cl2NO. The molecule has 0 fully saturated rings. The lowest BCUT2D eigenvalue weighted by Gasteiger charge is -2.11. The third-order valence-electron chi connectivity index (χ3n) is 3.34. The Bertz CT molecular complexity index is 928. The third kappa shape index (κ3) is 3.56. The van der Waals surface area contributed by atoms with Crippen LogP contribution in [0.5, 0.6) is 0 Å². The molecule has 0 aliphatic carbocycles. The van der Waals surface area contributed by atoms with E-state index in [1.165, 1.54) is 0 Å². The molecule has 0 aromatic heterocycles. The van der Waals surface area contributed by atoms with Gasteiger partial charge in [0.05, 0.1) is 16.3 Å². The number of benzene rings is 3. The monoisotopic (exact) mass is 471 g/mol. The number of fused-ring (bicyclic) bond motifs is 1. The van der Waals surface area contributed by atoms with Gasteiger partial charge in [-0.05, 0) is 63.1 Å². The molecule has 0 saturated heterocycles. The van der Waals surface area contributed by atoms with Gasteiger partial charge in [-0.3, -0.25) is 4.79 Å². The van der Waals surface area contributed by atoms with Crippen molar-refractivity contribution in [1.82, 2.24) is 0 Å². The minimum absolute atomic E-state index is 0.288. The van der Waals surface area contributed by atoms with Crippen LogP contribution < -0.4 is 5.32 Å². The number of hydrogen-bond acceptors (Lipinski definition) is 1. The summed E-state index contributed by atoms with van der Waals surface area (Å²) in [6.45, 7) is 0. The molecule has 2 nitrogen and oxygen atoms in total. The average Bonchev–Trinajstić information content (AvgIpc) is 2.50. The summed E-state index contributed by atoms with van der Waals surface area (Å²) in [5.74, 6) is -0.288. The van der Waals surface area contributed by atoms with Crippen LogP contribution in [0.2, 0.25) is 10.0 Å². The summed E-state index contributed by atoms with van der Waals surface area (Å²) in [5.41, 5.74) is 1.05. The van der Waals surface area contributed by atoms with Crippen molar-refractivity contribution in [3.63, 3.8) is 0 Å². The molecule has 0 atom stereocenters. The SMILES string of the molecule is O=C(Nc1ccc2cc(Br)ccc2c1Br)c1ccc(Cl)cc1Cl. The first kappa shape index (κ1) is 16.8. The zero-order valence-electron chi connectivity index (χ0n) is 11.5. The fraction of sp³-hybridized carbons (Fsp3) is 0. The van der Waals surface area contributed by atoms with E-state index in [0.717, 1.165) is 19.7 Å². The highest BCUT2D eigenvalue weighted by Crippen LogP contribution is 2.33. The van der Waals surface area contributed by atoms with Gasteiger partial charge in [0, 0.05) is 14.0 Å². The molecule has 1 N–H and O–H groups in total. The zero-order valence-corrected chi connectivity index (χ0v) is 16.2. The molecule has 3 rings (SSSR count). The van der Waals surface area contributed by atoms with Gasteiger partial charge in [0.25, 0.3) is 5.91 Å². The molecule has 0 radical (unpaired) electrons. The Kier molecular flexibility index (Phi) is 4.97. The van der Waals surface area contributed by atoms with Crippen LogP contribution in [-0.4, -0.2) is 5.91 Å². The topological polar surface area (TPSA) is 29.1 Å². The molecule has 6 heteroatoms. The van der Waals surface area contributed by atoms with Gasteiger partial charge in [0.2, 0.25) is 0 Å². The van der Waals surface area contributed by atoms with Gasteiger partial charge in [-0.2, -0.15) is 0 Å². The standard InChI is InChI=1S/C17H9Br2Cl2NO/c18-10-2-4-12-9(7-10)1-6-15(16(12)19)22-17(23)13-5-3-11(20)8-14(13)21/h1-8H,(H,22,23). The summed E-state index contributed by atoms with van der Waals surface area (Å²) >= 11 is 18.9. The summed E-state index contributed by atoms with van der Waals surface area (Å²) in [7, 11) is 0. The van der Waals surface area contributed by atoms with Gasteiger partial charge < -0.3 is 5.32 Å². The summed E-state index contributed by atoms with van der Waals surface area (Å²) in [4.78, 5) is 12.4. The Morgan fingerprint density at radius 3 is 2.48 bits per heavy atom. The van der Waals surface area contributed by atoms with E-state index in [9.17, 15) is 4.79 Å². The zero-order chi connectivity index (χ0) is 16.6. The van der Waals surface area contributed by atoms with Crippen LogP contribution in [0.4, 0.5) is 5.69 Å². The number of carbonyl (C=O) groups is 1. The highest BCUT2D eigenvalue weighted by molar-refractivity contribution is 9.11. The van der Waals surface area contributed by atoms with Crippen molar-refractivity contribution in [1.29, 1.82) is 0 Å². The van der Waals surface area contributed by atoms with E-state index in [4.69, 9.17) is 23.2 Å². The lowest BCUT2D eigenvalue weighted by Crippen LogP contribution is -2.12. The van der Waals surface area contributed by atoms with Crippen molar-refractivity contribution in [2.75, 3.05) is 5.32 Å². The van der Waals surface area contributed by atoms with E-state index in [-0.39, 0.29) is 5.91 Å². The first-order chi connectivity index (χ1) is 11.0. The lowest BCUT2D eigenvalue weighted by molar-refractivity contribution is 0.102. The number of amides is 1. The van der Waals surface area contributed by atoms with Gasteiger partial charge in [0.1, 0.15) is 0 Å². The van der Waals surface area contributed by atoms with Gasteiger partial charge >= 0.3 is 0 Å². The molecule has 0 aliphatic rings. The Morgan fingerprint density at radius 1 is 0.957 bits per heavy atom. The predicted octanol–water partition coefficient (Wildman–Crippen LogP) is 6.92. The number of carbonyl (C=O) groups excluding carboxylic acids is 1. The van der Waals surface area contributed by atoms with Crippen molar-refractivity contribution >= 4 is 77.4 Å². The normalized spacial score (nSPS) is 10.8.